The van der Waals surface area contributed by atoms with E-state index in [9.17, 15) is 23.1 Å². The van der Waals surface area contributed by atoms with Gasteiger partial charge in [0.25, 0.3) is 5.91 Å². The minimum absolute atomic E-state index is 0.00951. The van der Waals surface area contributed by atoms with Crippen LogP contribution in [-0.2, 0) is 6.18 Å². The van der Waals surface area contributed by atoms with E-state index < -0.39 is 23.7 Å². The van der Waals surface area contributed by atoms with Crippen molar-refractivity contribution in [2.45, 2.75) is 18.6 Å². The van der Waals surface area contributed by atoms with E-state index in [0.29, 0.717) is 0 Å². The second-order valence-electron chi connectivity index (χ2n) is 7.06. The molecule has 5 nitrogen and oxygen atoms in total. The van der Waals surface area contributed by atoms with E-state index in [1.165, 1.54) is 48.8 Å². The van der Waals surface area contributed by atoms with E-state index in [4.69, 9.17) is 23.2 Å². The zero-order valence-electron chi connectivity index (χ0n) is 16.1. The first-order valence-corrected chi connectivity index (χ1v) is 10.1. The highest BCUT2D eigenvalue weighted by molar-refractivity contribution is 6.36. The van der Waals surface area contributed by atoms with Crippen LogP contribution in [-0.4, -0.2) is 26.7 Å². The number of benzene rings is 2. The molecule has 10 heteroatoms. The van der Waals surface area contributed by atoms with Crippen LogP contribution in [0.15, 0.2) is 66.0 Å². The van der Waals surface area contributed by atoms with E-state index in [1.54, 1.807) is 0 Å². The second-order valence-corrected chi connectivity index (χ2v) is 7.90. The number of hydrogen-bond donors (Lipinski definition) is 1. The average Bonchev–Trinajstić information content (AvgIpc) is 3.21. The number of alkyl halides is 3. The number of rotatable bonds is 3. The highest BCUT2D eigenvalue weighted by atomic mass is 35.5. The van der Waals surface area contributed by atoms with Crippen molar-refractivity contribution in [1.29, 1.82) is 0 Å². The van der Waals surface area contributed by atoms with Gasteiger partial charge >= 0.3 is 6.18 Å². The molecule has 2 aromatic carbocycles. The van der Waals surface area contributed by atoms with Crippen LogP contribution < -0.4 is 0 Å². The number of carbonyl (C=O) groups is 1. The monoisotopic (exact) mass is 479 g/mol. The molecule has 0 saturated heterocycles. The molecule has 1 N–H and O–H groups in total. The van der Waals surface area contributed by atoms with Crippen LogP contribution in [0.5, 0.6) is 5.75 Å². The van der Waals surface area contributed by atoms with Gasteiger partial charge in [0, 0.05) is 35.0 Å². The SMILES string of the molecule is O=C(c1ccncc1)N1N=C(c2cc(Cl)cc(Cl)c2O)CC1c1cccc(C(F)(F)F)c1. The number of halogens is 5. The Hall–Kier alpha value is -3.10. The van der Waals surface area contributed by atoms with E-state index in [1.807, 2.05) is 0 Å². The predicted molar refractivity (Wildman–Crippen MR) is 114 cm³/mol. The molecule has 1 aliphatic heterocycles. The van der Waals surface area contributed by atoms with Gasteiger partial charge in [-0.2, -0.15) is 18.3 Å². The number of amides is 1. The zero-order chi connectivity index (χ0) is 23.0. The van der Waals surface area contributed by atoms with Gasteiger partial charge in [0.1, 0.15) is 5.75 Å². The number of hydrogen-bond acceptors (Lipinski definition) is 4. The first-order valence-electron chi connectivity index (χ1n) is 9.32. The Morgan fingerprint density at radius 1 is 1.09 bits per heavy atom. The van der Waals surface area contributed by atoms with E-state index in [0.717, 1.165) is 17.1 Å². The van der Waals surface area contributed by atoms with Crippen molar-refractivity contribution in [2.75, 3.05) is 0 Å². The summed E-state index contributed by atoms with van der Waals surface area (Å²) in [5, 5.41) is 16.1. The minimum Gasteiger partial charge on any atom is -0.506 e. The van der Waals surface area contributed by atoms with Crippen LogP contribution in [0.3, 0.4) is 0 Å². The van der Waals surface area contributed by atoms with Gasteiger partial charge in [-0.3, -0.25) is 9.78 Å². The summed E-state index contributed by atoms with van der Waals surface area (Å²) in [5.74, 6) is -0.812. The van der Waals surface area contributed by atoms with Gasteiger partial charge in [0.05, 0.1) is 22.3 Å². The topological polar surface area (TPSA) is 65.8 Å². The first kappa shape index (κ1) is 22.1. The standard InChI is InChI=1S/C22H14Cl2F3N3O2/c23-15-9-16(20(31)17(24)10-15)18-11-19(13-2-1-3-14(8-13)22(25,26)27)30(29-18)21(32)12-4-6-28-7-5-12/h1-10,19,31H,11H2. The summed E-state index contributed by atoms with van der Waals surface area (Å²) in [6, 6.07) is 9.62. The van der Waals surface area contributed by atoms with E-state index >= 15 is 0 Å². The van der Waals surface area contributed by atoms with Gasteiger partial charge in [0.2, 0.25) is 0 Å². The van der Waals surface area contributed by atoms with Gasteiger partial charge in [0.15, 0.2) is 0 Å². The van der Waals surface area contributed by atoms with Crippen LogP contribution >= 0.6 is 23.2 Å². The number of aromatic nitrogens is 1. The van der Waals surface area contributed by atoms with Crippen molar-refractivity contribution < 1.29 is 23.1 Å². The molecule has 0 saturated carbocycles. The van der Waals surface area contributed by atoms with E-state index in [-0.39, 0.29) is 44.6 Å². The Balaban J connectivity index is 1.81. The molecule has 0 fully saturated rings. The Labute approximate surface area is 190 Å². The smallest absolute Gasteiger partial charge is 0.416 e. The molecule has 32 heavy (non-hydrogen) atoms. The molecule has 1 aromatic heterocycles. The molecule has 1 unspecified atom stereocenters. The fraction of sp³-hybridized carbons (Fsp3) is 0.136. The van der Waals surface area contributed by atoms with Crippen molar-refractivity contribution in [1.82, 2.24) is 9.99 Å². The average molecular weight is 480 g/mol. The lowest BCUT2D eigenvalue weighted by Gasteiger charge is -2.23. The lowest BCUT2D eigenvalue weighted by atomic mass is 9.96. The minimum atomic E-state index is -4.54. The Morgan fingerprint density at radius 3 is 2.50 bits per heavy atom. The molecule has 3 aromatic rings. The third kappa shape index (κ3) is 4.28. The number of carbonyl (C=O) groups excluding carboxylic acids is 1. The summed E-state index contributed by atoms with van der Waals surface area (Å²) in [4.78, 5) is 17.0. The number of aromatic hydroxyl groups is 1. The van der Waals surface area contributed by atoms with Gasteiger partial charge in [-0.1, -0.05) is 35.3 Å². The van der Waals surface area contributed by atoms with Crippen molar-refractivity contribution in [2.24, 2.45) is 5.10 Å². The summed E-state index contributed by atoms with van der Waals surface area (Å²) < 4.78 is 39.8. The molecule has 1 aliphatic rings. The summed E-state index contributed by atoms with van der Waals surface area (Å²) in [7, 11) is 0. The fourth-order valence-corrected chi connectivity index (χ4v) is 3.95. The molecule has 0 bridgehead atoms. The maximum atomic E-state index is 13.3. The Kier molecular flexibility index (Phi) is 5.83. The molecule has 0 spiro atoms. The third-order valence-corrected chi connectivity index (χ3v) is 5.49. The van der Waals surface area contributed by atoms with Crippen LogP contribution in [0.25, 0.3) is 0 Å². The lowest BCUT2D eigenvalue weighted by Crippen LogP contribution is -2.27. The summed E-state index contributed by atoms with van der Waals surface area (Å²) >= 11 is 12.1. The quantitative estimate of drug-likeness (QED) is 0.493. The van der Waals surface area contributed by atoms with Crippen molar-refractivity contribution in [3.05, 3.63) is 93.2 Å². The van der Waals surface area contributed by atoms with Gasteiger partial charge in [-0.25, -0.2) is 5.01 Å². The molecule has 1 amide bonds. The van der Waals surface area contributed by atoms with Crippen LogP contribution in [0.2, 0.25) is 10.0 Å². The molecular formula is C22H14Cl2F3N3O2. The Morgan fingerprint density at radius 2 is 1.81 bits per heavy atom. The molecule has 1 atom stereocenters. The van der Waals surface area contributed by atoms with Crippen molar-refractivity contribution in [3.8, 4) is 5.75 Å². The van der Waals surface area contributed by atoms with Gasteiger partial charge in [-0.15, -0.1) is 0 Å². The lowest BCUT2D eigenvalue weighted by molar-refractivity contribution is -0.137. The number of phenols is 1. The van der Waals surface area contributed by atoms with Gasteiger partial charge < -0.3 is 5.11 Å². The van der Waals surface area contributed by atoms with Crippen LogP contribution in [0.4, 0.5) is 13.2 Å². The summed E-state index contributed by atoms with van der Waals surface area (Å²) in [6.07, 6.45) is -1.65. The third-order valence-electron chi connectivity index (χ3n) is 4.98. The predicted octanol–water partition coefficient (Wildman–Crippen LogP) is 6.10. The molecule has 4 rings (SSSR count). The number of nitrogens with zero attached hydrogens (tertiary/aromatic N) is 3. The highest BCUT2D eigenvalue weighted by Crippen LogP contribution is 2.40. The number of pyridine rings is 1. The molecule has 0 aliphatic carbocycles. The zero-order valence-corrected chi connectivity index (χ0v) is 17.7. The normalized spacial score (nSPS) is 16.2. The van der Waals surface area contributed by atoms with Crippen molar-refractivity contribution in [3.63, 3.8) is 0 Å². The molecular weight excluding hydrogens is 466 g/mol. The summed E-state index contributed by atoms with van der Waals surface area (Å²) in [6.45, 7) is 0. The molecule has 164 valence electrons. The number of phenolic OH excluding ortho intramolecular Hbond substituents is 1. The maximum Gasteiger partial charge on any atom is 0.416 e. The highest BCUT2D eigenvalue weighted by Gasteiger charge is 2.37. The Bertz CT molecular complexity index is 1220. The largest absolute Gasteiger partial charge is 0.506 e. The fourth-order valence-electron chi connectivity index (χ4n) is 3.45. The molecule has 0 radical (unpaired) electrons. The van der Waals surface area contributed by atoms with Crippen LogP contribution in [0.1, 0.15) is 39.5 Å². The van der Waals surface area contributed by atoms with E-state index in [2.05, 4.69) is 10.1 Å². The first-order chi connectivity index (χ1) is 15.1. The van der Waals surface area contributed by atoms with Crippen LogP contribution in [0, 0.1) is 0 Å². The van der Waals surface area contributed by atoms with Gasteiger partial charge in [-0.05, 0) is 42.0 Å². The molecule has 2 heterocycles. The number of hydrazone groups is 1. The second kappa shape index (κ2) is 8.44. The summed E-state index contributed by atoms with van der Waals surface area (Å²) in [5.41, 5.74) is 0.124. The maximum absolute atomic E-state index is 13.3. The van der Waals surface area contributed by atoms with Crippen molar-refractivity contribution >= 4 is 34.8 Å².